The number of hydrogen-bond donors (Lipinski definition) is 2. The molecule has 16 heavy (non-hydrogen) atoms. The van der Waals surface area contributed by atoms with Gasteiger partial charge in [0.15, 0.2) is 0 Å². The number of rotatable bonds is 5. The lowest BCUT2D eigenvalue weighted by atomic mass is 10.0. The fraction of sp³-hybridized carbons (Fsp3) is 0.900. The molecule has 1 saturated heterocycles. The molecule has 0 spiro atoms. The molecule has 2 N–H and O–H groups in total. The normalized spacial score (nSPS) is 25.7. The Hall–Kier alpha value is -0.850. The largest absolute Gasteiger partial charge is 0.527 e. The molecule has 94 valence electrons. The van der Waals surface area contributed by atoms with Crippen molar-refractivity contribution in [1.29, 1.82) is 0 Å². The number of nitrogens with one attached hydrogen (secondary N) is 1. The van der Waals surface area contributed by atoms with Crippen molar-refractivity contribution in [1.82, 2.24) is 10.4 Å². The van der Waals surface area contributed by atoms with Crippen molar-refractivity contribution in [2.45, 2.75) is 25.9 Å². The fourth-order valence-electron chi connectivity index (χ4n) is 1.65. The van der Waals surface area contributed by atoms with Crippen LogP contribution in [0.4, 0.5) is 4.79 Å². The van der Waals surface area contributed by atoms with Crippen LogP contribution in [0.1, 0.15) is 20.3 Å². The molecule has 0 aromatic carbocycles. The van der Waals surface area contributed by atoms with Crippen LogP contribution in [0.25, 0.3) is 0 Å². The van der Waals surface area contributed by atoms with Crippen LogP contribution in [0.2, 0.25) is 0 Å². The Morgan fingerprint density at radius 2 is 2.31 bits per heavy atom. The number of carbonyl (C=O) groups excluding carboxylic acids is 1. The number of aliphatic hydroxyl groups is 1. The van der Waals surface area contributed by atoms with Crippen molar-refractivity contribution in [2.24, 2.45) is 0 Å². The zero-order valence-electron chi connectivity index (χ0n) is 9.86. The highest BCUT2D eigenvalue weighted by Crippen LogP contribution is 2.20. The number of ether oxygens (including phenoxy) is 1. The van der Waals surface area contributed by atoms with Crippen LogP contribution < -0.4 is 5.32 Å². The van der Waals surface area contributed by atoms with E-state index in [0.717, 1.165) is 6.54 Å². The second kappa shape index (κ2) is 6.03. The number of hydrogen-bond acceptors (Lipinski definition) is 6. The van der Waals surface area contributed by atoms with E-state index in [0.29, 0.717) is 26.1 Å². The van der Waals surface area contributed by atoms with Crippen LogP contribution in [0.5, 0.6) is 0 Å². The third-order valence-electron chi connectivity index (χ3n) is 2.47. The van der Waals surface area contributed by atoms with Gasteiger partial charge >= 0.3 is 6.16 Å². The van der Waals surface area contributed by atoms with Gasteiger partial charge in [-0.05, 0) is 19.9 Å². The highest BCUT2D eigenvalue weighted by molar-refractivity contribution is 5.59. The van der Waals surface area contributed by atoms with Gasteiger partial charge in [-0.25, -0.2) is 4.79 Å². The van der Waals surface area contributed by atoms with E-state index in [1.807, 2.05) is 6.92 Å². The average molecular weight is 232 g/mol. The minimum Gasteiger partial charge on any atom is -0.433 e. The molecule has 1 aliphatic heterocycles. The SMILES string of the molecule is CCNCC1(O)CCN(OC(=O)OCC)C1. The van der Waals surface area contributed by atoms with Gasteiger partial charge < -0.3 is 20.0 Å². The van der Waals surface area contributed by atoms with E-state index in [1.165, 1.54) is 5.06 Å². The molecule has 1 rings (SSSR count). The molecule has 6 heteroatoms. The third kappa shape index (κ3) is 3.96. The second-order valence-corrected chi connectivity index (χ2v) is 3.89. The van der Waals surface area contributed by atoms with E-state index in [-0.39, 0.29) is 6.61 Å². The molecule has 1 heterocycles. The Morgan fingerprint density at radius 3 is 2.94 bits per heavy atom. The summed E-state index contributed by atoms with van der Waals surface area (Å²) in [6.45, 7) is 6.14. The molecule has 1 atom stereocenters. The summed E-state index contributed by atoms with van der Waals surface area (Å²) in [6.07, 6.45) is -0.130. The lowest BCUT2D eigenvalue weighted by Crippen LogP contribution is -2.43. The van der Waals surface area contributed by atoms with E-state index in [1.54, 1.807) is 6.92 Å². The molecule has 0 radical (unpaired) electrons. The standard InChI is InChI=1S/C10H20N2O4/c1-3-11-7-10(14)5-6-12(8-10)16-9(13)15-4-2/h11,14H,3-8H2,1-2H3. The Balaban J connectivity index is 2.31. The highest BCUT2D eigenvalue weighted by atomic mass is 16.8. The Kier molecular flexibility index (Phi) is 4.98. The molecule has 0 aromatic heterocycles. The maximum atomic E-state index is 11.0. The van der Waals surface area contributed by atoms with Crippen molar-refractivity contribution < 1.29 is 19.5 Å². The summed E-state index contributed by atoms with van der Waals surface area (Å²) < 4.78 is 4.65. The summed E-state index contributed by atoms with van der Waals surface area (Å²) in [4.78, 5) is 16.0. The Morgan fingerprint density at radius 1 is 1.56 bits per heavy atom. The van der Waals surface area contributed by atoms with Gasteiger partial charge in [0.25, 0.3) is 0 Å². The number of likely N-dealkylation sites (N-methyl/N-ethyl adjacent to an activating group) is 1. The molecule has 1 unspecified atom stereocenters. The van der Waals surface area contributed by atoms with Gasteiger partial charge in [-0.1, -0.05) is 6.92 Å². The molecule has 0 aliphatic carbocycles. The monoisotopic (exact) mass is 232 g/mol. The molecular formula is C10H20N2O4. The minimum absolute atomic E-state index is 0.286. The molecule has 1 aliphatic rings. The second-order valence-electron chi connectivity index (χ2n) is 3.89. The smallest absolute Gasteiger partial charge is 0.433 e. The third-order valence-corrected chi connectivity index (χ3v) is 2.47. The van der Waals surface area contributed by atoms with E-state index < -0.39 is 11.8 Å². The van der Waals surface area contributed by atoms with Crippen LogP contribution in [-0.4, -0.2) is 54.7 Å². The Labute approximate surface area is 95.5 Å². The molecule has 6 nitrogen and oxygen atoms in total. The average Bonchev–Trinajstić information content (AvgIpc) is 2.58. The van der Waals surface area contributed by atoms with Gasteiger partial charge in [-0.15, -0.1) is 5.06 Å². The fourth-order valence-corrected chi connectivity index (χ4v) is 1.65. The first-order valence-electron chi connectivity index (χ1n) is 5.62. The van der Waals surface area contributed by atoms with E-state index in [2.05, 4.69) is 10.1 Å². The van der Waals surface area contributed by atoms with Gasteiger partial charge in [-0.2, -0.15) is 0 Å². The van der Waals surface area contributed by atoms with Crippen LogP contribution in [-0.2, 0) is 9.57 Å². The molecular weight excluding hydrogens is 212 g/mol. The predicted molar refractivity (Wildman–Crippen MR) is 57.8 cm³/mol. The van der Waals surface area contributed by atoms with Crippen LogP contribution >= 0.6 is 0 Å². The van der Waals surface area contributed by atoms with E-state index in [4.69, 9.17) is 4.84 Å². The van der Waals surface area contributed by atoms with Crippen molar-refractivity contribution in [3.8, 4) is 0 Å². The number of carbonyl (C=O) groups is 1. The minimum atomic E-state index is -0.817. The quantitative estimate of drug-likeness (QED) is 0.656. The summed E-state index contributed by atoms with van der Waals surface area (Å²) in [7, 11) is 0. The first-order chi connectivity index (χ1) is 7.59. The predicted octanol–water partition coefficient (Wildman–Crippen LogP) is 0.121. The highest BCUT2D eigenvalue weighted by Gasteiger charge is 2.37. The first-order valence-corrected chi connectivity index (χ1v) is 5.62. The summed E-state index contributed by atoms with van der Waals surface area (Å²) in [6, 6.07) is 0. The molecule has 1 fully saturated rings. The summed E-state index contributed by atoms with van der Waals surface area (Å²) in [5, 5.41) is 14.6. The molecule has 0 amide bonds. The molecule has 0 saturated carbocycles. The molecule has 0 bridgehead atoms. The lowest BCUT2D eigenvalue weighted by molar-refractivity contribution is -0.124. The number of hydroxylamine groups is 2. The lowest BCUT2D eigenvalue weighted by Gasteiger charge is -2.22. The summed E-state index contributed by atoms with van der Waals surface area (Å²) in [5.74, 6) is 0. The summed E-state index contributed by atoms with van der Waals surface area (Å²) >= 11 is 0. The number of nitrogens with zero attached hydrogens (tertiary/aromatic N) is 1. The van der Waals surface area contributed by atoms with Crippen molar-refractivity contribution in [3.63, 3.8) is 0 Å². The zero-order chi connectivity index (χ0) is 12.0. The Bertz CT molecular complexity index is 237. The van der Waals surface area contributed by atoms with Gasteiger partial charge in [0.2, 0.25) is 0 Å². The summed E-state index contributed by atoms with van der Waals surface area (Å²) in [5.41, 5.74) is -0.817. The zero-order valence-corrected chi connectivity index (χ0v) is 9.86. The van der Waals surface area contributed by atoms with E-state index in [9.17, 15) is 9.90 Å². The number of β-amino-alcohol motifs (C(OH)–C–C–N with tert-alkyl or cyclic N) is 1. The van der Waals surface area contributed by atoms with Crippen molar-refractivity contribution >= 4 is 6.16 Å². The van der Waals surface area contributed by atoms with Crippen molar-refractivity contribution in [2.75, 3.05) is 32.8 Å². The van der Waals surface area contributed by atoms with Gasteiger partial charge in [0, 0.05) is 13.1 Å². The van der Waals surface area contributed by atoms with Crippen LogP contribution in [0, 0.1) is 0 Å². The maximum Gasteiger partial charge on any atom is 0.527 e. The first kappa shape index (κ1) is 13.2. The van der Waals surface area contributed by atoms with Crippen LogP contribution in [0.3, 0.4) is 0 Å². The topological polar surface area (TPSA) is 71.0 Å². The van der Waals surface area contributed by atoms with Crippen molar-refractivity contribution in [3.05, 3.63) is 0 Å². The van der Waals surface area contributed by atoms with Crippen LogP contribution in [0.15, 0.2) is 0 Å². The van der Waals surface area contributed by atoms with Gasteiger partial charge in [-0.3, -0.25) is 0 Å². The molecule has 0 aromatic rings. The van der Waals surface area contributed by atoms with Gasteiger partial charge in [0.05, 0.1) is 18.8 Å². The van der Waals surface area contributed by atoms with E-state index >= 15 is 0 Å². The maximum absolute atomic E-state index is 11.0. The van der Waals surface area contributed by atoms with Gasteiger partial charge in [0.1, 0.15) is 0 Å².